The minimum Gasteiger partial charge on any atom is -0.306 e. The van der Waals surface area contributed by atoms with Gasteiger partial charge in [0.2, 0.25) is 0 Å². The first-order valence-electron chi connectivity index (χ1n) is 8.58. The van der Waals surface area contributed by atoms with Gasteiger partial charge in [0.05, 0.1) is 42.5 Å². The lowest BCUT2D eigenvalue weighted by Crippen LogP contribution is -2.21. The first-order valence-corrected chi connectivity index (χ1v) is 8.58. The van der Waals surface area contributed by atoms with E-state index >= 15 is 0 Å². The van der Waals surface area contributed by atoms with Crippen LogP contribution in [-0.4, -0.2) is 23.9 Å². The Kier molecular flexibility index (Phi) is 3.53. The summed E-state index contributed by atoms with van der Waals surface area (Å²) in [4.78, 5) is 24.8. The molecule has 130 valence electrons. The van der Waals surface area contributed by atoms with Crippen molar-refractivity contribution < 1.29 is 0 Å². The van der Waals surface area contributed by atoms with E-state index in [1.807, 2.05) is 34.9 Å². The molecular formula is C21H15N5O. The SMILES string of the molecule is O=c1cnc2cnccc2n1Cc1cccc(-c2ccc3cncn3c2)c1. The second-order valence-electron chi connectivity index (χ2n) is 6.39. The van der Waals surface area contributed by atoms with Gasteiger partial charge >= 0.3 is 0 Å². The summed E-state index contributed by atoms with van der Waals surface area (Å²) in [5.41, 5.74) is 5.65. The van der Waals surface area contributed by atoms with Gasteiger partial charge < -0.3 is 8.97 Å². The molecule has 0 fully saturated rings. The molecule has 0 unspecified atom stereocenters. The first kappa shape index (κ1) is 15.5. The zero-order valence-corrected chi connectivity index (χ0v) is 14.4. The summed E-state index contributed by atoms with van der Waals surface area (Å²) in [6.45, 7) is 0.475. The second kappa shape index (κ2) is 6.17. The van der Waals surface area contributed by atoms with Crippen molar-refractivity contribution in [3.8, 4) is 11.1 Å². The van der Waals surface area contributed by atoms with Gasteiger partial charge in [-0.1, -0.05) is 24.3 Å². The van der Waals surface area contributed by atoms with Crippen LogP contribution in [0.2, 0.25) is 0 Å². The van der Waals surface area contributed by atoms with Gasteiger partial charge in [0.15, 0.2) is 0 Å². The van der Waals surface area contributed by atoms with E-state index in [0.29, 0.717) is 12.1 Å². The Labute approximate surface area is 154 Å². The number of fused-ring (bicyclic) bond motifs is 2. The molecule has 1 aromatic carbocycles. The third-order valence-electron chi connectivity index (χ3n) is 4.66. The van der Waals surface area contributed by atoms with Crippen LogP contribution in [0.5, 0.6) is 0 Å². The molecule has 0 saturated carbocycles. The zero-order chi connectivity index (χ0) is 18.2. The fourth-order valence-corrected chi connectivity index (χ4v) is 3.31. The van der Waals surface area contributed by atoms with E-state index in [9.17, 15) is 4.79 Å². The molecule has 4 aromatic heterocycles. The van der Waals surface area contributed by atoms with Gasteiger partial charge in [0.1, 0.15) is 5.52 Å². The van der Waals surface area contributed by atoms with Crippen molar-refractivity contribution in [3.05, 3.63) is 95.7 Å². The van der Waals surface area contributed by atoms with Crippen molar-refractivity contribution in [2.45, 2.75) is 6.54 Å². The van der Waals surface area contributed by atoms with Gasteiger partial charge in [-0.15, -0.1) is 0 Å². The van der Waals surface area contributed by atoms with Crippen molar-refractivity contribution in [2.24, 2.45) is 0 Å². The molecular weight excluding hydrogens is 338 g/mol. The van der Waals surface area contributed by atoms with Crippen LogP contribution >= 0.6 is 0 Å². The van der Waals surface area contributed by atoms with Gasteiger partial charge in [0.25, 0.3) is 5.56 Å². The Morgan fingerprint density at radius 1 is 0.926 bits per heavy atom. The molecule has 5 rings (SSSR count). The summed E-state index contributed by atoms with van der Waals surface area (Å²) in [5.74, 6) is 0. The molecule has 0 bridgehead atoms. The van der Waals surface area contributed by atoms with Crippen molar-refractivity contribution in [2.75, 3.05) is 0 Å². The minimum absolute atomic E-state index is 0.126. The highest BCUT2D eigenvalue weighted by atomic mass is 16.1. The highest BCUT2D eigenvalue weighted by molar-refractivity contribution is 5.73. The van der Waals surface area contributed by atoms with Crippen LogP contribution in [0.25, 0.3) is 27.7 Å². The molecule has 6 heteroatoms. The Bertz CT molecular complexity index is 1340. The van der Waals surface area contributed by atoms with Gasteiger partial charge in [-0.05, 0) is 34.9 Å². The summed E-state index contributed by atoms with van der Waals surface area (Å²) in [5, 5.41) is 0. The number of rotatable bonds is 3. The molecule has 4 heterocycles. The van der Waals surface area contributed by atoms with Crippen LogP contribution in [0.1, 0.15) is 5.56 Å². The van der Waals surface area contributed by atoms with Crippen molar-refractivity contribution in [1.82, 2.24) is 23.9 Å². The maximum atomic E-state index is 12.4. The average Bonchev–Trinajstić information content (AvgIpc) is 3.18. The van der Waals surface area contributed by atoms with E-state index in [4.69, 9.17) is 0 Å². The second-order valence-corrected chi connectivity index (χ2v) is 6.39. The predicted molar refractivity (Wildman–Crippen MR) is 104 cm³/mol. The number of nitrogens with zero attached hydrogens (tertiary/aromatic N) is 5. The third kappa shape index (κ3) is 2.77. The Hall–Kier alpha value is -3.80. The summed E-state index contributed by atoms with van der Waals surface area (Å²) in [7, 11) is 0. The summed E-state index contributed by atoms with van der Waals surface area (Å²) >= 11 is 0. The van der Waals surface area contributed by atoms with E-state index in [1.165, 1.54) is 6.20 Å². The average molecular weight is 353 g/mol. The molecule has 5 aromatic rings. The molecule has 0 N–H and O–H groups in total. The highest BCUT2D eigenvalue weighted by Crippen LogP contribution is 2.22. The smallest absolute Gasteiger partial charge is 0.269 e. The van der Waals surface area contributed by atoms with Crippen molar-refractivity contribution in [3.63, 3.8) is 0 Å². The maximum Gasteiger partial charge on any atom is 0.269 e. The molecule has 0 aliphatic rings. The Balaban J connectivity index is 1.57. The quantitative estimate of drug-likeness (QED) is 0.500. The lowest BCUT2D eigenvalue weighted by atomic mass is 10.0. The summed E-state index contributed by atoms with van der Waals surface area (Å²) in [6, 6.07) is 14.2. The van der Waals surface area contributed by atoms with E-state index in [-0.39, 0.29) is 5.56 Å². The highest BCUT2D eigenvalue weighted by Gasteiger charge is 2.07. The lowest BCUT2D eigenvalue weighted by molar-refractivity contribution is 0.786. The summed E-state index contributed by atoms with van der Waals surface area (Å²) < 4.78 is 3.72. The van der Waals surface area contributed by atoms with E-state index in [1.54, 1.807) is 23.3 Å². The van der Waals surface area contributed by atoms with Crippen LogP contribution < -0.4 is 5.56 Å². The van der Waals surface area contributed by atoms with E-state index in [0.717, 1.165) is 27.7 Å². The van der Waals surface area contributed by atoms with Crippen molar-refractivity contribution in [1.29, 1.82) is 0 Å². The topological polar surface area (TPSA) is 65.1 Å². The monoisotopic (exact) mass is 353 g/mol. The number of imidazole rings is 1. The normalized spacial score (nSPS) is 11.3. The van der Waals surface area contributed by atoms with Crippen LogP contribution in [-0.2, 0) is 6.54 Å². The number of hydrogen-bond donors (Lipinski definition) is 0. The molecule has 0 aliphatic heterocycles. The molecule has 0 radical (unpaired) electrons. The number of hydrogen-bond acceptors (Lipinski definition) is 4. The van der Waals surface area contributed by atoms with Gasteiger partial charge in [-0.2, -0.15) is 0 Å². The predicted octanol–water partition coefficient (Wildman–Crippen LogP) is 3.15. The number of pyridine rings is 2. The Morgan fingerprint density at radius 3 is 2.85 bits per heavy atom. The fourth-order valence-electron chi connectivity index (χ4n) is 3.31. The fraction of sp³-hybridized carbons (Fsp3) is 0.0476. The molecule has 0 saturated heterocycles. The third-order valence-corrected chi connectivity index (χ3v) is 4.66. The van der Waals surface area contributed by atoms with Crippen LogP contribution in [0.15, 0.2) is 84.6 Å². The largest absolute Gasteiger partial charge is 0.306 e. The molecule has 6 nitrogen and oxygen atoms in total. The number of aromatic nitrogens is 5. The molecule has 0 amide bonds. The first-order chi connectivity index (χ1) is 13.3. The standard InChI is InChI=1S/C21H15N5O/c27-21-11-24-19-10-22-7-6-20(19)26(21)12-15-2-1-3-16(8-15)17-4-5-18-9-23-14-25(18)13-17/h1-11,13-14H,12H2. The lowest BCUT2D eigenvalue weighted by Gasteiger charge is -2.11. The van der Waals surface area contributed by atoms with Crippen LogP contribution in [0.4, 0.5) is 0 Å². The van der Waals surface area contributed by atoms with Crippen LogP contribution in [0, 0.1) is 0 Å². The summed E-state index contributed by atoms with van der Waals surface area (Å²) in [6.07, 6.45) is 10.4. The van der Waals surface area contributed by atoms with E-state index in [2.05, 4.69) is 39.3 Å². The van der Waals surface area contributed by atoms with Crippen molar-refractivity contribution >= 4 is 16.6 Å². The molecule has 0 spiro atoms. The van der Waals surface area contributed by atoms with Gasteiger partial charge in [-0.3, -0.25) is 9.78 Å². The minimum atomic E-state index is -0.126. The van der Waals surface area contributed by atoms with Gasteiger partial charge in [0, 0.05) is 12.4 Å². The molecule has 0 atom stereocenters. The van der Waals surface area contributed by atoms with E-state index < -0.39 is 0 Å². The Morgan fingerprint density at radius 2 is 1.89 bits per heavy atom. The maximum absolute atomic E-state index is 12.4. The van der Waals surface area contributed by atoms with Crippen LogP contribution in [0.3, 0.4) is 0 Å². The molecule has 27 heavy (non-hydrogen) atoms. The molecule has 0 aliphatic carbocycles. The van der Waals surface area contributed by atoms with Gasteiger partial charge in [-0.25, -0.2) is 9.97 Å². The zero-order valence-electron chi connectivity index (χ0n) is 14.4. The number of benzene rings is 1.